The molecule has 148 valence electrons. The molecule has 28 heavy (non-hydrogen) atoms. The second kappa shape index (κ2) is 9.26. The lowest BCUT2D eigenvalue weighted by Crippen LogP contribution is -2.35. The van der Waals surface area contributed by atoms with Crippen molar-refractivity contribution >= 4 is 17.7 Å². The minimum atomic E-state index is -0.380. The van der Waals surface area contributed by atoms with Crippen LogP contribution in [0.2, 0.25) is 0 Å². The van der Waals surface area contributed by atoms with E-state index in [0.29, 0.717) is 19.7 Å². The van der Waals surface area contributed by atoms with Crippen LogP contribution in [0.4, 0.5) is 10.5 Å². The quantitative estimate of drug-likeness (QED) is 0.760. The summed E-state index contributed by atoms with van der Waals surface area (Å²) in [5.74, 6) is 0.683. The maximum absolute atomic E-state index is 12.2. The maximum Gasteiger partial charge on any atom is 0.414 e. The summed E-state index contributed by atoms with van der Waals surface area (Å²) in [4.78, 5) is 25.9. The van der Waals surface area contributed by atoms with Crippen molar-refractivity contribution in [2.75, 3.05) is 24.6 Å². The standard InChI is InChI=1S/C22H26N2O4/c1-3-16-5-9-18(10-6-16)24-15-20(28-22(24)26)14-23-21(25)13-17-7-11-19(12-8-17)27-4-2/h5-12,20H,3-4,13-15H2,1-2H3,(H,23,25). The summed E-state index contributed by atoms with van der Waals surface area (Å²) in [5.41, 5.74) is 2.93. The third kappa shape index (κ3) is 5.03. The zero-order valence-corrected chi connectivity index (χ0v) is 16.3. The van der Waals surface area contributed by atoms with Crippen LogP contribution in [-0.4, -0.2) is 37.8 Å². The number of aryl methyl sites for hydroxylation is 1. The summed E-state index contributed by atoms with van der Waals surface area (Å²) in [5, 5.41) is 2.85. The van der Waals surface area contributed by atoms with Crippen LogP contribution in [0.25, 0.3) is 0 Å². The minimum absolute atomic E-state index is 0.106. The van der Waals surface area contributed by atoms with Crippen molar-refractivity contribution in [3.63, 3.8) is 0 Å². The molecule has 3 rings (SSSR count). The molecule has 0 bridgehead atoms. The Hall–Kier alpha value is -3.02. The lowest BCUT2D eigenvalue weighted by atomic mass is 10.1. The van der Waals surface area contributed by atoms with Crippen LogP contribution in [0.15, 0.2) is 48.5 Å². The van der Waals surface area contributed by atoms with E-state index < -0.39 is 0 Å². The third-order valence-corrected chi connectivity index (χ3v) is 4.66. The molecular formula is C22H26N2O4. The molecule has 2 aromatic rings. The van der Waals surface area contributed by atoms with E-state index >= 15 is 0 Å². The van der Waals surface area contributed by atoms with Gasteiger partial charge >= 0.3 is 6.09 Å². The smallest absolute Gasteiger partial charge is 0.414 e. The van der Waals surface area contributed by atoms with Gasteiger partial charge in [0.1, 0.15) is 11.9 Å². The molecule has 1 heterocycles. The fraction of sp³-hybridized carbons (Fsp3) is 0.364. The van der Waals surface area contributed by atoms with E-state index in [1.165, 1.54) is 5.56 Å². The average Bonchev–Trinajstić information content (AvgIpc) is 3.09. The molecule has 1 atom stereocenters. The van der Waals surface area contributed by atoms with E-state index in [-0.39, 0.29) is 24.5 Å². The van der Waals surface area contributed by atoms with E-state index in [0.717, 1.165) is 23.4 Å². The molecule has 1 N–H and O–H groups in total. The predicted octanol–water partition coefficient (Wildman–Crippen LogP) is 3.33. The Morgan fingerprint density at radius 1 is 1.11 bits per heavy atom. The van der Waals surface area contributed by atoms with Gasteiger partial charge < -0.3 is 14.8 Å². The second-order valence-corrected chi connectivity index (χ2v) is 6.69. The Kier molecular flexibility index (Phi) is 6.53. The van der Waals surface area contributed by atoms with Crippen molar-refractivity contribution in [2.24, 2.45) is 0 Å². The second-order valence-electron chi connectivity index (χ2n) is 6.69. The van der Waals surface area contributed by atoms with Crippen LogP contribution in [-0.2, 0) is 22.4 Å². The monoisotopic (exact) mass is 382 g/mol. The lowest BCUT2D eigenvalue weighted by Gasteiger charge is -2.13. The van der Waals surface area contributed by atoms with Crippen molar-refractivity contribution in [1.29, 1.82) is 0 Å². The highest BCUT2D eigenvalue weighted by Gasteiger charge is 2.32. The predicted molar refractivity (Wildman–Crippen MR) is 108 cm³/mol. The van der Waals surface area contributed by atoms with Gasteiger partial charge in [0, 0.05) is 5.69 Å². The molecule has 6 heteroatoms. The van der Waals surface area contributed by atoms with Gasteiger partial charge in [0.05, 0.1) is 26.1 Å². The lowest BCUT2D eigenvalue weighted by molar-refractivity contribution is -0.120. The zero-order chi connectivity index (χ0) is 19.9. The number of nitrogens with one attached hydrogen (secondary N) is 1. The first kappa shape index (κ1) is 19.7. The number of anilines is 1. The van der Waals surface area contributed by atoms with Gasteiger partial charge in [0.2, 0.25) is 5.91 Å². The van der Waals surface area contributed by atoms with Gasteiger partial charge in [0.25, 0.3) is 0 Å². The summed E-state index contributed by atoms with van der Waals surface area (Å²) in [7, 11) is 0. The van der Waals surface area contributed by atoms with Gasteiger partial charge in [-0.2, -0.15) is 0 Å². The van der Waals surface area contributed by atoms with E-state index in [4.69, 9.17) is 9.47 Å². The highest BCUT2D eigenvalue weighted by Crippen LogP contribution is 2.22. The number of amides is 2. The minimum Gasteiger partial charge on any atom is -0.494 e. The van der Waals surface area contributed by atoms with Gasteiger partial charge in [-0.15, -0.1) is 0 Å². The molecule has 6 nitrogen and oxygen atoms in total. The summed E-state index contributed by atoms with van der Waals surface area (Å²) >= 11 is 0. The first-order valence-corrected chi connectivity index (χ1v) is 9.64. The Morgan fingerprint density at radius 2 is 1.79 bits per heavy atom. The van der Waals surface area contributed by atoms with Gasteiger partial charge in [-0.1, -0.05) is 31.2 Å². The Labute approximate surface area is 165 Å². The summed E-state index contributed by atoms with van der Waals surface area (Å²) < 4.78 is 10.8. The molecular weight excluding hydrogens is 356 g/mol. The van der Waals surface area contributed by atoms with Crippen LogP contribution >= 0.6 is 0 Å². The fourth-order valence-corrected chi connectivity index (χ4v) is 3.10. The topological polar surface area (TPSA) is 67.9 Å². The molecule has 0 aliphatic carbocycles. The largest absolute Gasteiger partial charge is 0.494 e. The summed E-state index contributed by atoms with van der Waals surface area (Å²) in [6.45, 7) is 5.35. The Morgan fingerprint density at radius 3 is 2.43 bits per heavy atom. The Bertz CT molecular complexity index is 802. The maximum atomic E-state index is 12.2. The number of cyclic esters (lactones) is 1. The molecule has 1 aliphatic rings. The number of hydrogen-bond donors (Lipinski definition) is 1. The Balaban J connectivity index is 1.47. The van der Waals surface area contributed by atoms with Crippen LogP contribution < -0.4 is 15.0 Å². The summed E-state index contributed by atoms with van der Waals surface area (Å²) in [6, 6.07) is 15.3. The first-order chi connectivity index (χ1) is 13.6. The van der Waals surface area contributed by atoms with Crippen molar-refractivity contribution < 1.29 is 19.1 Å². The van der Waals surface area contributed by atoms with Gasteiger partial charge in [-0.25, -0.2) is 4.79 Å². The van der Waals surface area contributed by atoms with Gasteiger partial charge in [-0.3, -0.25) is 9.69 Å². The van der Waals surface area contributed by atoms with E-state index in [1.807, 2.05) is 55.5 Å². The molecule has 1 unspecified atom stereocenters. The number of ether oxygens (including phenoxy) is 2. The SMILES string of the molecule is CCOc1ccc(CC(=O)NCC2CN(c3ccc(CC)cc3)C(=O)O2)cc1. The molecule has 0 radical (unpaired) electrons. The third-order valence-electron chi connectivity index (χ3n) is 4.66. The van der Waals surface area contributed by atoms with Crippen molar-refractivity contribution in [1.82, 2.24) is 5.32 Å². The number of nitrogens with zero attached hydrogens (tertiary/aromatic N) is 1. The fourth-order valence-electron chi connectivity index (χ4n) is 3.10. The number of carbonyl (C=O) groups excluding carboxylic acids is 2. The van der Waals surface area contributed by atoms with E-state index in [1.54, 1.807) is 4.90 Å². The molecule has 1 fully saturated rings. The van der Waals surface area contributed by atoms with Gasteiger partial charge in [0.15, 0.2) is 0 Å². The average molecular weight is 382 g/mol. The van der Waals surface area contributed by atoms with Crippen molar-refractivity contribution in [3.8, 4) is 5.75 Å². The number of hydrogen-bond acceptors (Lipinski definition) is 4. The van der Waals surface area contributed by atoms with Gasteiger partial charge in [-0.05, 0) is 48.7 Å². The van der Waals surface area contributed by atoms with Crippen LogP contribution in [0, 0.1) is 0 Å². The molecule has 0 aromatic heterocycles. The molecule has 2 amide bonds. The van der Waals surface area contributed by atoms with Crippen LogP contribution in [0.5, 0.6) is 5.75 Å². The van der Waals surface area contributed by atoms with Crippen molar-refractivity contribution in [2.45, 2.75) is 32.8 Å². The highest BCUT2D eigenvalue weighted by atomic mass is 16.6. The van der Waals surface area contributed by atoms with E-state index in [9.17, 15) is 9.59 Å². The highest BCUT2D eigenvalue weighted by molar-refractivity contribution is 5.89. The molecule has 1 saturated heterocycles. The van der Waals surface area contributed by atoms with E-state index in [2.05, 4.69) is 12.2 Å². The molecule has 0 saturated carbocycles. The number of rotatable bonds is 8. The van der Waals surface area contributed by atoms with Crippen molar-refractivity contribution in [3.05, 3.63) is 59.7 Å². The zero-order valence-electron chi connectivity index (χ0n) is 16.3. The molecule has 2 aromatic carbocycles. The first-order valence-electron chi connectivity index (χ1n) is 9.64. The van der Waals surface area contributed by atoms with Crippen LogP contribution in [0.3, 0.4) is 0 Å². The van der Waals surface area contributed by atoms with Crippen LogP contribution in [0.1, 0.15) is 25.0 Å². The normalized spacial score (nSPS) is 16.0. The molecule has 0 spiro atoms. The number of carbonyl (C=O) groups is 2. The number of benzene rings is 2. The molecule has 1 aliphatic heterocycles. The summed E-state index contributed by atoms with van der Waals surface area (Å²) in [6.07, 6.45) is 0.487.